The minimum atomic E-state index is -4.59. The van der Waals surface area contributed by atoms with E-state index in [1.165, 1.54) is 0 Å². The van der Waals surface area contributed by atoms with E-state index < -0.39 is 34.9 Å². The first-order valence-corrected chi connectivity index (χ1v) is 14.9. The highest BCUT2D eigenvalue weighted by atomic mass is 19.4. The lowest BCUT2D eigenvalue weighted by Crippen LogP contribution is -2.71. The molecule has 0 heterocycles. The molecule has 8 heteroatoms. The minimum Gasteiger partial charge on any atom is -0.350 e. The third kappa shape index (κ3) is 4.11. The Bertz CT molecular complexity index is 1220. The maximum absolute atomic E-state index is 14.4. The number of carbonyl (C=O) groups excluding carboxylic acids is 3. The fourth-order valence-corrected chi connectivity index (χ4v) is 10.6. The number of halogens is 3. The second-order valence-electron chi connectivity index (χ2n) is 15.3. The van der Waals surface area contributed by atoms with Crippen LogP contribution < -0.4 is 5.32 Å². The summed E-state index contributed by atoms with van der Waals surface area (Å²) in [6, 6.07) is 2.12. The molecule has 0 aromatic carbocycles. The van der Waals surface area contributed by atoms with Crippen LogP contribution in [0.1, 0.15) is 99.3 Å². The number of Topliss-reactive ketones (excluding diaryl/α,β-unsaturated/α-hetero) is 2. The highest BCUT2D eigenvalue weighted by molar-refractivity contribution is 6.01. The number of nitriles is 1. The predicted molar refractivity (Wildman–Crippen MR) is 143 cm³/mol. The second kappa shape index (κ2) is 8.91. The van der Waals surface area contributed by atoms with Gasteiger partial charge in [0.15, 0.2) is 5.78 Å². The van der Waals surface area contributed by atoms with Crippen LogP contribution in [-0.4, -0.2) is 29.2 Å². The summed E-state index contributed by atoms with van der Waals surface area (Å²) < 4.78 is 39.4. The van der Waals surface area contributed by atoms with Crippen molar-refractivity contribution in [1.29, 1.82) is 5.26 Å². The van der Waals surface area contributed by atoms with Crippen molar-refractivity contribution in [3.63, 3.8) is 0 Å². The summed E-state index contributed by atoms with van der Waals surface area (Å²) in [5.41, 5.74) is -1.87. The van der Waals surface area contributed by atoms with Crippen molar-refractivity contribution in [2.75, 3.05) is 0 Å². The highest BCUT2D eigenvalue weighted by Crippen LogP contribution is 2.74. The lowest BCUT2D eigenvalue weighted by Gasteiger charge is -2.71. The van der Waals surface area contributed by atoms with Crippen LogP contribution in [0, 0.1) is 62.6 Å². The summed E-state index contributed by atoms with van der Waals surface area (Å²) in [6.45, 7) is 12.8. The molecule has 4 saturated carbocycles. The number of nitrogens with zero attached hydrogens (tertiary/aromatic N) is 1. The average Bonchev–Trinajstić information content (AvgIpc) is 2.82. The van der Waals surface area contributed by atoms with E-state index in [2.05, 4.69) is 46.0 Å². The second-order valence-corrected chi connectivity index (χ2v) is 15.3. The van der Waals surface area contributed by atoms with Crippen molar-refractivity contribution >= 4 is 17.5 Å². The standard InChI is InChI=1S/C32H43F3N2O3/c1-18-20-7-8-29(5)23(28(20,4)14-19(17-36)26(18)40)13-22(38)25-21-15-27(2,3)9-11-31(21,12-10-30(25,29)6)37-24(39)16-32(33,34)35/h14,18,20-21,23,25H,7-13,15-16H2,1-6H3,(H,37,39)/t18-,20-,21?,23+,25?,28-,29+,30+,31-/m0/s1. The fourth-order valence-electron chi connectivity index (χ4n) is 10.6. The molecule has 1 N–H and O–H groups in total. The molecule has 220 valence electrons. The number of nitrogens with one attached hydrogen (secondary N) is 1. The number of hydrogen-bond donors (Lipinski definition) is 1. The normalized spacial score (nSPS) is 46.1. The third-order valence-corrected chi connectivity index (χ3v) is 12.9. The minimum absolute atomic E-state index is 0.0460. The highest BCUT2D eigenvalue weighted by Gasteiger charge is 2.71. The van der Waals surface area contributed by atoms with Crippen LogP contribution in [0.15, 0.2) is 11.6 Å². The van der Waals surface area contributed by atoms with Crippen molar-refractivity contribution in [1.82, 2.24) is 5.32 Å². The smallest absolute Gasteiger partial charge is 0.350 e. The Morgan fingerprint density at radius 2 is 1.68 bits per heavy atom. The average molecular weight is 561 g/mol. The summed E-state index contributed by atoms with van der Waals surface area (Å²) in [6.07, 6.45) is 0.996. The number of carbonyl (C=O) groups is 3. The predicted octanol–water partition coefficient (Wildman–Crippen LogP) is 6.72. The first-order chi connectivity index (χ1) is 18.3. The van der Waals surface area contributed by atoms with Crippen LogP contribution >= 0.6 is 0 Å². The Morgan fingerprint density at radius 3 is 2.30 bits per heavy atom. The van der Waals surface area contributed by atoms with Gasteiger partial charge in [0, 0.05) is 23.8 Å². The monoisotopic (exact) mass is 560 g/mol. The van der Waals surface area contributed by atoms with E-state index in [1.807, 2.05) is 13.0 Å². The van der Waals surface area contributed by atoms with E-state index in [1.54, 1.807) is 0 Å². The van der Waals surface area contributed by atoms with E-state index in [9.17, 15) is 32.8 Å². The molecule has 0 aromatic rings. The number of ketones is 2. The number of amides is 1. The lowest BCUT2D eigenvalue weighted by molar-refractivity contribution is -0.212. The van der Waals surface area contributed by atoms with Crippen LogP contribution in [0.2, 0.25) is 0 Å². The SMILES string of the molecule is C[C@@H]1C(=O)C(C#N)=C[C@]2(C)[C@H]3CC(=O)C4C5CC(C)(C)CC[C@]5(NC(=O)CC(F)(F)F)CC[C@@]4(C)[C@]3(C)CC[C@@H]12. The van der Waals surface area contributed by atoms with Crippen molar-refractivity contribution in [3.05, 3.63) is 11.6 Å². The van der Waals surface area contributed by atoms with E-state index in [4.69, 9.17) is 0 Å². The topological polar surface area (TPSA) is 87.0 Å². The van der Waals surface area contributed by atoms with Gasteiger partial charge in [-0.25, -0.2) is 0 Å². The summed E-state index contributed by atoms with van der Waals surface area (Å²) in [7, 11) is 0. The van der Waals surface area contributed by atoms with Crippen LogP contribution in [0.4, 0.5) is 13.2 Å². The molecule has 40 heavy (non-hydrogen) atoms. The first kappa shape index (κ1) is 29.3. The summed E-state index contributed by atoms with van der Waals surface area (Å²) in [4.78, 5) is 40.0. The lowest BCUT2D eigenvalue weighted by atomic mass is 9.33. The number of fused-ring (bicyclic) bond motifs is 7. The molecule has 0 aliphatic heterocycles. The van der Waals surface area contributed by atoms with Gasteiger partial charge in [0.05, 0.1) is 5.57 Å². The zero-order valence-electron chi connectivity index (χ0n) is 24.6. The molecule has 4 fully saturated rings. The van der Waals surface area contributed by atoms with Gasteiger partial charge in [0.25, 0.3) is 0 Å². The maximum Gasteiger partial charge on any atom is 0.397 e. The molecule has 0 bridgehead atoms. The van der Waals surface area contributed by atoms with Gasteiger partial charge in [0.1, 0.15) is 18.3 Å². The van der Waals surface area contributed by atoms with Crippen LogP contribution in [0.5, 0.6) is 0 Å². The fraction of sp³-hybridized carbons (Fsp3) is 0.812. The van der Waals surface area contributed by atoms with Gasteiger partial charge < -0.3 is 5.32 Å². The molecular weight excluding hydrogens is 517 g/mol. The summed E-state index contributed by atoms with van der Waals surface area (Å²) in [5.74, 6) is -1.86. The Labute approximate surface area is 235 Å². The zero-order chi connectivity index (χ0) is 29.7. The molecule has 1 amide bonds. The molecule has 0 radical (unpaired) electrons. The Kier molecular flexibility index (Phi) is 6.54. The van der Waals surface area contributed by atoms with Gasteiger partial charge in [-0.3, -0.25) is 14.4 Å². The summed E-state index contributed by atoms with van der Waals surface area (Å²) >= 11 is 0. The first-order valence-electron chi connectivity index (χ1n) is 14.9. The van der Waals surface area contributed by atoms with Gasteiger partial charge in [-0.2, -0.15) is 18.4 Å². The van der Waals surface area contributed by atoms with Crippen molar-refractivity contribution in [3.8, 4) is 6.07 Å². The van der Waals surface area contributed by atoms with Gasteiger partial charge in [-0.15, -0.1) is 0 Å². The van der Waals surface area contributed by atoms with Crippen LogP contribution in [0.25, 0.3) is 0 Å². The number of hydrogen-bond acceptors (Lipinski definition) is 4. The maximum atomic E-state index is 14.4. The molecule has 5 aliphatic rings. The largest absolute Gasteiger partial charge is 0.397 e. The number of alkyl halides is 3. The van der Waals surface area contributed by atoms with Crippen molar-refractivity contribution < 1.29 is 27.6 Å². The third-order valence-electron chi connectivity index (χ3n) is 12.9. The Hall–Kier alpha value is -2.17. The van der Waals surface area contributed by atoms with E-state index in [0.717, 1.165) is 19.3 Å². The van der Waals surface area contributed by atoms with Gasteiger partial charge in [0.2, 0.25) is 5.91 Å². The van der Waals surface area contributed by atoms with E-state index >= 15 is 0 Å². The molecule has 0 spiro atoms. The van der Waals surface area contributed by atoms with Crippen molar-refractivity contribution in [2.24, 2.45) is 51.2 Å². The number of rotatable bonds is 2. The Morgan fingerprint density at radius 1 is 1.02 bits per heavy atom. The zero-order valence-corrected chi connectivity index (χ0v) is 24.6. The van der Waals surface area contributed by atoms with Gasteiger partial charge >= 0.3 is 6.18 Å². The summed E-state index contributed by atoms with van der Waals surface area (Å²) in [5, 5.41) is 12.6. The van der Waals surface area contributed by atoms with E-state index in [-0.39, 0.29) is 57.6 Å². The molecule has 9 atom stereocenters. The molecule has 0 saturated heterocycles. The molecule has 5 nitrogen and oxygen atoms in total. The molecule has 5 rings (SSSR count). The number of allylic oxidation sites excluding steroid dienone is 2. The van der Waals surface area contributed by atoms with Crippen LogP contribution in [0.3, 0.4) is 0 Å². The van der Waals surface area contributed by atoms with Crippen LogP contribution in [-0.2, 0) is 14.4 Å². The molecule has 2 unspecified atom stereocenters. The quantitative estimate of drug-likeness (QED) is 0.406. The Balaban J connectivity index is 1.57. The molecular formula is C32H43F3N2O3. The van der Waals surface area contributed by atoms with Gasteiger partial charge in [-0.1, -0.05) is 47.6 Å². The van der Waals surface area contributed by atoms with Gasteiger partial charge in [-0.05, 0) is 84.4 Å². The molecule has 0 aromatic heterocycles. The van der Waals surface area contributed by atoms with Crippen molar-refractivity contribution in [2.45, 2.75) is 111 Å². The van der Waals surface area contributed by atoms with E-state index in [0.29, 0.717) is 32.1 Å². The molecule has 5 aliphatic carbocycles.